The van der Waals surface area contributed by atoms with Crippen LogP contribution in [0.5, 0.6) is 0 Å². The van der Waals surface area contributed by atoms with E-state index >= 15 is 0 Å². The number of ether oxygens (including phenoxy) is 1. The predicted octanol–water partition coefficient (Wildman–Crippen LogP) is 3.14. The number of halogens is 1. The highest BCUT2D eigenvalue weighted by Crippen LogP contribution is 2.26. The van der Waals surface area contributed by atoms with Gasteiger partial charge in [-0.2, -0.15) is 0 Å². The Hall–Kier alpha value is -2.46. The van der Waals surface area contributed by atoms with E-state index in [2.05, 4.69) is 20.2 Å². The molecule has 0 unspecified atom stereocenters. The molecule has 0 N–H and O–H groups in total. The predicted molar refractivity (Wildman–Crippen MR) is 100 cm³/mol. The molecule has 0 aliphatic carbocycles. The minimum Gasteiger partial charge on any atom is -0.465 e. The minimum atomic E-state index is -0.332. The van der Waals surface area contributed by atoms with E-state index in [9.17, 15) is 9.18 Å². The second kappa shape index (κ2) is 9.47. The zero-order chi connectivity index (χ0) is 19.1. The van der Waals surface area contributed by atoms with Gasteiger partial charge in [0.05, 0.1) is 18.1 Å². The first-order valence-electron chi connectivity index (χ1n) is 8.06. The zero-order valence-corrected chi connectivity index (χ0v) is 16.0. The molecule has 0 fully saturated rings. The number of hydrogen-bond donors (Lipinski definition) is 0. The lowest BCUT2D eigenvalue weighted by Gasteiger charge is -2.10. The number of esters is 1. The van der Waals surface area contributed by atoms with Crippen molar-refractivity contribution in [1.82, 2.24) is 24.7 Å². The Morgan fingerprint density at radius 1 is 1.15 bits per heavy atom. The van der Waals surface area contributed by atoms with Crippen LogP contribution in [0, 0.1) is 5.82 Å². The summed E-state index contributed by atoms with van der Waals surface area (Å²) in [5, 5.41) is 9.55. The van der Waals surface area contributed by atoms with Crippen LogP contribution in [0.4, 0.5) is 4.39 Å². The second-order valence-corrected chi connectivity index (χ2v) is 7.01. The first-order chi connectivity index (χ1) is 13.2. The number of hydrogen-bond acceptors (Lipinski definition) is 8. The summed E-state index contributed by atoms with van der Waals surface area (Å²) in [5.41, 5.74) is 0.706. The van der Waals surface area contributed by atoms with Crippen LogP contribution in [-0.4, -0.2) is 43.1 Å². The number of carbonyl (C=O) groups excluding carboxylic acids is 1. The third-order valence-electron chi connectivity index (χ3n) is 3.28. The molecule has 0 saturated carbocycles. The molecule has 0 aliphatic rings. The van der Waals surface area contributed by atoms with Crippen LogP contribution in [0.3, 0.4) is 0 Å². The summed E-state index contributed by atoms with van der Waals surface area (Å²) in [4.78, 5) is 20.0. The summed E-state index contributed by atoms with van der Waals surface area (Å²) < 4.78 is 20.1. The van der Waals surface area contributed by atoms with Gasteiger partial charge in [0.2, 0.25) is 0 Å². The fraction of sp³-hybridized carbons (Fsp3) is 0.235. The molecular formula is C17H16FN5O2S2. The van der Waals surface area contributed by atoms with Crippen LogP contribution >= 0.6 is 23.5 Å². The molecule has 3 aromatic rings. The zero-order valence-electron chi connectivity index (χ0n) is 14.4. The normalized spacial score (nSPS) is 10.7. The van der Waals surface area contributed by atoms with E-state index < -0.39 is 0 Å². The molecule has 140 valence electrons. The molecule has 0 saturated heterocycles. The third kappa shape index (κ3) is 5.27. The van der Waals surface area contributed by atoms with E-state index in [1.54, 1.807) is 42.1 Å². The van der Waals surface area contributed by atoms with E-state index in [1.165, 1.54) is 35.7 Å². The maximum absolute atomic E-state index is 13.3. The Morgan fingerprint density at radius 2 is 1.89 bits per heavy atom. The average Bonchev–Trinajstić information content (AvgIpc) is 3.09. The number of rotatable bonds is 8. The van der Waals surface area contributed by atoms with Crippen molar-refractivity contribution < 1.29 is 13.9 Å². The highest BCUT2D eigenvalue weighted by Gasteiger charge is 2.17. The summed E-state index contributed by atoms with van der Waals surface area (Å²) in [7, 11) is 0. The van der Waals surface area contributed by atoms with Crippen molar-refractivity contribution in [3.8, 4) is 5.69 Å². The Morgan fingerprint density at radius 3 is 2.59 bits per heavy atom. The molecular weight excluding hydrogens is 389 g/mol. The molecule has 27 heavy (non-hydrogen) atoms. The molecule has 1 aromatic carbocycles. The van der Waals surface area contributed by atoms with E-state index in [-0.39, 0.29) is 17.5 Å². The van der Waals surface area contributed by atoms with Crippen molar-refractivity contribution in [2.45, 2.75) is 23.0 Å². The van der Waals surface area contributed by atoms with Crippen LogP contribution in [0.1, 0.15) is 12.7 Å². The Bertz CT molecular complexity index is 890. The molecule has 10 heteroatoms. The van der Waals surface area contributed by atoms with Crippen molar-refractivity contribution in [3.63, 3.8) is 0 Å². The van der Waals surface area contributed by atoms with Gasteiger partial charge >= 0.3 is 5.97 Å². The van der Waals surface area contributed by atoms with Crippen LogP contribution in [0.25, 0.3) is 5.69 Å². The highest BCUT2D eigenvalue weighted by molar-refractivity contribution is 7.99. The molecule has 0 bridgehead atoms. The van der Waals surface area contributed by atoms with Crippen LogP contribution in [-0.2, 0) is 15.3 Å². The van der Waals surface area contributed by atoms with Crippen molar-refractivity contribution in [1.29, 1.82) is 0 Å². The van der Waals surface area contributed by atoms with Crippen LogP contribution < -0.4 is 0 Å². The van der Waals surface area contributed by atoms with Crippen molar-refractivity contribution in [3.05, 3.63) is 54.4 Å². The fourth-order valence-electron chi connectivity index (χ4n) is 2.15. The average molecular weight is 405 g/mol. The minimum absolute atomic E-state index is 0.113. The number of nitrogens with zero attached hydrogens (tertiary/aromatic N) is 5. The first kappa shape index (κ1) is 19.3. The lowest BCUT2D eigenvalue weighted by Crippen LogP contribution is -2.08. The third-order valence-corrected chi connectivity index (χ3v) is 5.06. The molecule has 7 nitrogen and oxygen atoms in total. The Balaban J connectivity index is 1.83. The van der Waals surface area contributed by atoms with Crippen LogP contribution in [0.2, 0.25) is 0 Å². The second-order valence-electron chi connectivity index (χ2n) is 5.12. The van der Waals surface area contributed by atoms with E-state index in [1.807, 2.05) is 0 Å². The van der Waals surface area contributed by atoms with E-state index in [0.717, 1.165) is 0 Å². The summed E-state index contributed by atoms with van der Waals surface area (Å²) in [6.07, 6.45) is 3.33. The van der Waals surface area contributed by atoms with Gasteiger partial charge in [-0.15, -0.1) is 10.2 Å². The van der Waals surface area contributed by atoms with Gasteiger partial charge in [-0.05, 0) is 37.3 Å². The fourth-order valence-corrected chi connectivity index (χ4v) is 3.64. The molecule has 0 amide bonds. The molecule has 2 heterocycles. The Kier molecular flexibility index (Phi) is 6.77. The number of benzene rings is 1. The number of carbonyl (C=O) groups is 1. The van der Waals surface area contributed by atoms with Gasteiger partial charge in [0.15, 0.2) is 10.3 Å². The first-order valence-corrected chi connectivity index (χ1v) is 10.0. The molecule has 2 aromatic heterocycles. The van der Waals surface area contributed by atoms with E-state index in [4.69, 9.17) is 4.74 Å². The molecule has 0 atom stereocenters. The topological polar surface area (TPSA) is 82.8 Å². The quantitative estimate of drug-likeness (QED) is 0.321. The largest absolute Gasteiger partial charge is 0.465 e. The van der Waals surface area contributed by atoms with Gasteiger partial charge in [-0.1, -0.05) is 23.5 Å². The van der Waals surface area contributed by atoms with Gasteiger partial charge < -0.3 is 4.74 Å². The van der Waals surface area contributed by atoms with Crippen LogP contribution in [0.15, 0.2) is 53.0 Å². The smallest absolute Gasteiger partial charge is 0.316 e. The lowest BCUT2D eigenvalue weighted by atomic mass is 10.3. The summed E-state index contributed by atoms with van der Waals surface area (Å²) in [6, 6.07) is 7.76. The Labute approximate surface area is 163 Å². The van der Waals surface area contributed by atoms with Gasteiger partial charge in [0.25, 0.3) is 0 Å². The maximum atomic E-state index is 13.3. The van der Waals surface area contributed by atoms with Gasteiger partial charge in [-0.25, -0.2) is 14.4 Å². The van der Waals surface area contributed by atoms with Gasteiger partial charge in [0, 0.05) is 18.1 Å². The van der Waals surface area contributed by atoms with Gasteiger partial charge in [0.1, 0.15) is 11.6 Å². The van der Waals surface area contributed by atoms with Crippen molar-refractivity contribution in [2.24, 2.45) is 0 Å². The monoisotopic (exact) mass is 405 g/mol. The van der Waals surface area contributed by atoms with E-state index in [0.29, 0.717) is 34.2 Å². The summed E-state index contributed by atoms with van der Waals surface area (Å²) >= 11 is 2.63. The maximum Gasteiger partial charge on any atom is 0.316 e. The SMILES string of the molecule is CCOC(=O)CSc1nnc(CSc2ncccn2)n1-c1ccc(F)cc1. The van der Waals surface area contributed by atoms with Crippen molar-refractivity contribution in [2.75, 3.05) is 12.4 Å². The number of aromatic nitrogens is 5. The molecule has 0 radical (unpaired) electrons. The van der Waals surface area contributed by atoms with Gasteiger partial charge in [-0.3, -0.25) is 9.36 Å². The summed E-state index contributed by atoms with van der Waals surface area (Å²) in [6.45, 7) is 2.08. The number of thioether (sulfide) groups is 2. The standard InChI is InChI=1S/C17H16FN5O2S2/c1-2-25-15(24)11-27-17-22-21-14(10-26-16-19-8-3-9-20-16)23(17)13-6-4-12(18)5-7-13/h3-9H,2,10-11H2,1H3. The highest BCUT2D eigenvalue weighted by atomic mass is 32.2. The molecule has 3 rings (SSSR count). The molecule has 0 aliphatic heterocycles. The molecule has 0 spiro atoms. The van der Waals surface area contributed by atoms with Crippen molar-refractivity contribution >= 4 is 29.5 Å². The summed E-state index contributed by atoms with van der Waals surface area (Å²) in [5.74, 6) is 0.563. The lowest BCUT2D eigenvalue weighted by molar-refractivity contribution is -0.139.